The Morgan fingerprint density at radius 2 is 1.69 bits per heavy atom. The minimum atomic E-state index is -4.54. The molecule has 0 bridgehead atoms. The van der Waals surface area contributed by atoms with E-state index >= 15 is 0 Å². The van der Waals surface area contributed by atoms with Gasteiger partial charge in [-0.1, -0.05) is 35.9 Å². The molecular formula is C22H18ClN5O6S2. The Morgan fingerprint density at radius 1 is 0.972 bits per heavy atom. The molecule has 3 aromatic rings. The second kappa shape index (κ2) is 9.78. The fourth-order valence-electron chi connectivity index (χ4n) is 3.23. The van der Waals surface area contributed by atoms with Crippen molar-refractivity contribution in [3.63, 3.8) is 0 Å². The van der Waals surface area contributed by atoms with E-state index in [9.17, 15) is 26.2 Å². The molecule has 1 atom stereocenters. The first-order valence-corrected chi connectivity index (χ1v) is 13.5. The van der Waals surface area contributed by atoms with E-state index in [-0.39, 0.29) is 27.0 Å². The van der Waals surface area contributed by atoms with Gasteiger partial charge in [0.1, 0.15) is 0 Å². The number of azo groups is 1. The number of carbonyl (C=O) groups excluding carboxylic acids is 1. The third kappa shape index (κ3) is 5.44. The summed E-state index contributed by atoms with van der Waals surface area (Å²) in [5, 5.41) is 13.0. The minimum Gasteiger partial charge on any atom is -0.282 e. The summed E-state index contributed by atoms with van der Waals surface area (Å²) in [5.41, 5.74) is 0.752. The van der Waals surface area contributed by atoms with Crippen LogP contribution in [-0.2, 0) is 24.9 Å². The Labute approximate surface area is 211 Å². The molecule has 3 aromatic carbocycles. The minimum absolute atomic E-state index is 0.0220. The fourth-order valence-corrected chi connectivity index (χ4v) is 5.03. The Bertz CT molecular complexity index is 1610. The lowest BCUT2D eigenvalue weighted by Gasteiger charge is -2.15. The molecular weight excluding hydrogens is 530 g/mol. The number of nitrogens with zero attached hydrogens (tertiary/aromatic N) is 4. The van der Waals surface area contributed by atoms with Crippen molar-refractivity contribution in [1.82, 2.24) is 0 Å². The average molecular weight is 548 g/mol. The molecule has 186 valence electrons. The van der Waals surface area contributed by atoms with Gasteiger partial charge in [0.15, 0.2) is 6.04 Å². The predicted molar refractivity (Wildman–Crippen MR) is 134 cm³/mol. The highest BCUT2D eigenvalue weighted by Gasteiger charge is 2.36. The third-order valence-electron chi connectivity index (χ3n) is 4.98. The maximum Gasteiger partial charge on any atom is 0.294 e. The summed E-state index contributed by atoms with van der Waals surface area (Å²) in [7, 11) is -8.44. The van der Waals surface area contributed by atoms with Crippen LogP contribution in [0.1, 0.15) is 6.92 Å². The van der Waals surface area contributed by atoms with Crippen molar-refractivity contribution in [1.29, 1.82) is 0 Å². The van der Waals surface area contributed by atoms with Crippen LogP contribution in [0.4, 0.5) is 17.1 Å². The van der Waals surface area contributed by atoms with Gasteiger partial charge in [-0.2, -0.15) is 28.8 Å². The summed E-state index contributed by atoms with van der Waals surface area (Å²) in [6.45, 7) is 1.52. The van der Waals surface area contributed by atoms with E-state index in [0.717, 1.165) is 17.1 Å². The second-order valence-corrected chi connectivity index (χ2v) is 11.1. The zero-order valence-corrected chi connectivity index (χ0v) is 20.9. The van der Waals surface area contributed by atoms with Crippen molar-refractivity contribution in [3.05, 3.63) is 77.8 Å². The molecule has 14 heteroatoms. The van der Waals surface area contributed by atoms with Gasteiger partial charge in [-0.15, -0.1) is 0 Å². The summed E-state index contributed by atoms with van der Waals surface area (Å²) in [6, 6.07) is 16.2. The van der Waals surface area contributed by atoms with E-state index in [1.807, 2.05) is 0 Å². The van der Waals surface area contributed by atoms with Gasteiger partial charge in [-0.05, 0) is 55.5 Å². The third-order valence-corrected chi connectivity index (χ3v) is 7.53. The lowest BCUT2D eigenvalue weighted by molar-refractivity contribution is -0.117. The van der Waals surface area contributed by atoms with Crippen LogP contribution in [-0.4, -0.2) is 39.0 Å². The summed E-state index contributed by atoms with van der Waals surface area (Å²) in [5.74, 6) is -0.667. The molecule has 36 heavy (non-hydrogen) atoms. The topological polar surface area (TPSA) is 158 Å². The van der Waals surface area contributed by atoms with Gasteiger partial charge in [0, 0.05) is 5.69 Å². The van der Waals surface area contributed by atoms with E-state index in [4.69, 9.17) is 11.6 Å². The fraction of sp³-hybridized carbons (Fsp3) is 0.0909. The number of nitrogens with one attached hydrogen (secondary N) is 1. The standard InChI is InChI=1S/C22H18ClN5O6S2/c1-14-21(22(29)28(26-14)20-13-18(36(32,33)34)10-11-19(20)23)25-24-16-8-5-9-17(12-16)35(30,31)27-15-6-3-2-4-7-15/h2-13,21,27H,1H3,(H,32,33,34)/t21-/m1/s1. The molecule has 0 spiro atoms. The average Bonchev–Trinajstić information content (AvgIpc) is 3.10. The SMILES string of the molecule is CC1=NN(c2cc(S(=O)(=O)O)ccc2Cl)C(=O)[C@@H]1N=Nc1cccc(S(=O)(=O)Nc2ccccc2)c1. The molecule has 2 N–H and O–H groups in total. The number of benzene rings is 3. The number of hydrogen-bond acceptors (Lipinski definition) is 8. The second-order valence-electron chi connectivity index (χ2n) is 7.57. The van der Waals surface area contributed by atoms with Crippen LogP contribution in [0.3, 0.4) is 0 Å². The van der Waals surface area contributed by atoms with E-state index in [1.165, 1.54) is 37.3 Å². The van der Waals surface area contributed by atoms with Crippen molar-refractivity contribution in [2.24, 2.45) is 15.3 Å². The van der Waals surface area contributed by atoms with Gasteiger partial charge in [0.2, 0.25) is 0 Å². The molecule has 0 radical (unpaired) electrons. The Balaban J connectivity index is 1.57. The van der Waals surface area contributed by atoms with Crippen LogP contribution in [0.2, 0.25) is 5.02 Å². The largest absolute Gasteiger partial charge is 0.294 e. The first-order valence-electron chi connectivity index (χ1n) is 10.2. The van der Waals surface area contributed by atoms with Crippen molar-refractivity contribution in [3.8, 4) is 0 Å². The maximum absolute atomic E-state index is 13.0. The zero-order chi connectivity index (χ0) is 26.1. The number of hydrogen-bond donors (Lipinski definition) is 2. The number of halogens is 1. The van der Waals surface area contributed by atoms with Crippen LogP contribution in [0, 0.1) is 0 Å². The van der Waals surface area contributed by atoms with E-state index in [2.05, 4.69) is 20.1 Å². The Kier molecular flexibility index (Phi) is 6.91. The lowest BCUT2D eigenvalue weighted by Crippen LogP contribution is -2.30. The molecule has 1 aliphatic heterocycles. The molecule has 0 aromatic heterocycles. The summed E-state index contributed by atoms with van der Waals surface area (Å²) in [6.07, 6.45) is 0. The molecule has 1 heterocycles. The number of para-hydroxylation sites is 1. The molecule has 1 amide bonds. The van der Waals surface area contributed by atoms with Gasteiger partial charge in [-0.3, -0.25) is 14.1 Å². The van der Waals surface area contributed by atoms with Crippen LogP contribution < -0.4 is 9.73 Å². The molecule has 0 saturated carbocycles. The first-order chi connectivity index (χ1) is 17.0. The monoisotopic (exact) mass is 547 g/mol. The normalized spacial score (nSPS) is 16.4. The van der Waals surface area contributed by atoms with Crippen LogP contribution in [0.25, 0.3) is 0 Å². The van der Waals surface area contributed by atoms with Crippen LogP contribution in [0.5, 0.6) is 0 Å². The zero-order valence-electron chi connectivity index (χ0n) is 18.5. The maximum atomic E-state index is 13.0. The number of hydrazone groups is 1. The molecule has 11 nitrogen and oxygen atoms in total. The molecule has 1 aliphatic rings. The number of anilines is 2. The van der Waals surface area contributed by atoms with E-state index in [1.54, 1.807) is 30.3 Å². The van der Waals surface area contributed by atoms with Gasteiger partial charge in [-0.25, -0.2) is 8.42 Å². The quantitative estimate of drug-likeness (QED) is 0.332. The first kappa shape index (κ1) is 25.4. The van der Waals surface area contributed by atoms with Crippen LogP contribution >= 0.6 is 11.6 Å². The van der Waals surface area contributed by atoms with Gasteiger partial charge in [0.25, 0.3) is 26.0 Å². The van der Waals surface area contributed by atoms with E-state index in [0.29, 0.717) is 5.69 Å². The van der Waals surface area contributed by atoms with Gasteiger partial charge >= 0.3 is 0 Å². The summed E-state index contributed by atoms with van der Waals surface area (Å²) in [4.78, 5) is 12.4. The number of sulfonamides is 1. The molecule has 0 aliphatic carbocycles. The number of rotatable bonds is 7. The smallest absolute Gasteiger partial charge is 0.282 e. The van der Waals surface area contributed by atoms with Crippen molar-refractivity contribution < 1.29 is 26.2 Å². The molecule has 4 rings (SSSR count). The highest BCUT2D eigenvalue weighted by Crippen LogP contribution is 2.32. The Hall–Kier alpha value is -3.65. The molecule has 0 fully saturated rings. The number of amides is 1. The van der Waals surface area contributed by atoms with Crippen molar-refractivity contribution in [2.75, 3.05) is 9.73 Å². The molecule has 0 unspecified atom stereocenters. The molecule has 0 saturated heterocycles. The van der Waals surface area contributed by atoms with E-state index < -0.39 is 37.0 Å². The van der Waals surface area contributed by atoms with Gasteiger partial charge in [0.05, 0.1) is 31.9 Å². The van der Waals surface area contributed by atoms with Gasteiger partial charge < -0.3 is 0 Å². The lowest BCUT2D eigenvalue weighted by atomic mass is 10.2. The Morgan fingerprint density at radius 3 is 2.39 bits per heavy atom. The highest BCUT2D eigenvalue weighted by molar-refractivity contribution is 7.92. The van der Waals surface area contributed by atoms with Crippen LogP contribution in [0.15, 0.2) is 97.9 Å². The van der Waals surface area contributed by atoms with Crippen molar-refractivity contribution >= 4 is 60.4 Å². The predicted octanol–water partition coefficient (Wildman–Crippen LogP) is 4.26. The summed E-state index contributed by atoms with van der Waals surface area (Å²) >= 11 is 6.12. The highest BCUT2D eigenvalue weighted by atomic mass is 35.5. The number of carbonyl (C=O) groups is 1. The summed E-state index contributed by atoms with van der Waals surface area (Å²) < 4.78 is 60.1. The van der Waals surface area contributed by atoms with Crippen molar-refractivity contribution in [2.45, 2.75) is 22.8 Å².